The highest BCUT2D eigenvalue weighted by Gasteiger charge is 2.29. The minimum atomic E-state index is 0.0908. The number of piperidine rings is 1. The van der Waals surface area contributed by atoms with E-state index in [2.05, 4.69) is 57.6 Å². The van der Waals surface area contributed by atoms with E-state index in [-0.39, 0.29) is 6.10 Å². The highest BCUT2D eigenvalue weighted by Crippen LogP contribution is 2.26. The molecule has 2 saturated heterocycles. The van der Waals surface area contributed by atoms with Crippen LogP contribution < -0.4 is 10.1 Å². The molecule has 1 atom stereocenters. The summed E-state index contributed by atoms with van der Waals surface area (Å²) in [5.74, 6) is 0.879. The number of nitrogens with one attached hydrogen (secondary N) is 1. The van der Waals surface area contributed by atoms with Gasteiger partial charge in [-0.1, -0.05) is 66.2 Å². The van der Waals surface area contributed by atoms with Crippen LogP contribution in [0, 0.1) is 0 Å². The van der Waals surface area contributed by atoms with Crippen LogP contribution >= 0.6 is 11.6 Å². The van der Waals surface area contributed by atoms with Gasteiger partial charge in [-0.15, -0.1) is 0 Å². The number of hydrogen-bond acceptors (Lipinski definition) is 5. The molecule has 36 heavy (non-hydrogen) atoms. The average Bonchev–Trinajstić information content (AvgIpc) is 2.94. The Bertz CT molecular complexity index is 1070. The quantitative estimate of drug-likeness (QED) is 0.404. The summed E-state index contributed by atoms with van der Waals surface area (Å²) in [5.41, 5.74) is 3.60. The molecule has 0 saturated carbocycles. The number of anilines is 1. The number of ether oxygens (including phenoxy) is 2. The fraction of sp³-hybridized carbons (Fsp3) is 0.400. The van der Waals surface area contributed by atoms with E-state index in [1.54, 1.807) is 0 Å². The van der Waals surface area contributed by atoms with Crippen LogP contribution in [0.1, 0.15) is 24.0 Å². The maximum atomic E-state index is 6.26. The Morgan fingerprint density at radius 2 is 1.61 bits per heavy atom. The van der Waals surface area contributed by atoms with Gasteiger partial charge in [-0.05, 0) is 61.3 Å². The lowest BCUT2D eigenvalue weighted by molar-refractivity contribution is -0.0673. The number of hydrogen-bond donors (Lipinski definition) is 1. The van der Waals surface area contributed by atoms with Crippen LogP contribution in [0.15, 0.2) is 78.9 Å². The molecule has 3 aromatic carbocycles. The summed E-state index contributed by atoms with van der Waals surface area (Å²) >= 11 is 6.03. The van der Waals surface area contributed by atoms with Gasteiger partial charge in [0.05, 0.1) is 12.3 Å². The first kappa shape index (κ1) is 25.1. The van der Waals surface area contributed by atoms with Gasteiger partial charge in [-0.3, -0.25) is 9.80 Å². The van der Waals surface area contributed by atoms with E-state index in [0.717, 1.165) is 62.3 Å². The second-order valence-corrected chi connectivity index (χ2v) is 10.2. The molecule has 2 fully saturated rings. The predicted molar refractivity (Wildman–Crippen MR) is 147 cm³/mol. The zero-order valence-corrected chi connectivity index (χ0v) is 21.6. The summed E-state index contributed by atoms with van der Waals surface area (Å²) in [5, 5.41) is 4.32. The number of halogens is 1. The van der Waals surface area contributed by atoms with Crippen molar-refractivity contribution in [2.45, 2.75) is 38.1 Å². The highest BCUT2D eigenvalue weighted by atomic mass is 35.5. The zero-order chi connectivity index (χ0) is 24.6. The van der Waals surface area contributed by atoms with E-state index in [1.807, 2.05) is 36.4 Å². The molecule has 0 spiro atoms. The predicted octanol–water partition coefficient (Wildman–Crippen LogP) is 5.70. The zero-order valence-electron chi connectivity index (χ0n) is 20.8. The minimum Gasteiger partial charge on any atom is -0.489 e. The molecule has 1 N–H and O–H groups in total. The van der Waals surface area contributed by atoms with Gasteiger partial charge < -0.3 is 14.8 Å². The first-order valence-electron chi connectivity index (χ1n) is 13.0. The molecule has 190 valence electrons. The fourth-order valence-electron chi connectivity index (χ4n) is 5.18. The SMILES string of the molecule is Clc1ccc(CN2CCC(N3CCOC(COc4ccccc4NCc4ccccc4)C3)CC2)cc1. The van der Waals surface area contributed by atoms with E-state index in [0.29, 0.717) is 12.6 Å². The van der Waals surface area contributed by atoms with Crippen molar-refractivity contribution in [2.75, 3.05) is 44.7 Å². The number of benzene rings is 3. The lowest BCUT2D eigenvalue weighted by Gasteiger charge is -2.42. The fourth-order valence-corrected chi connectivity index (χ4v) is 5.31. The van der Waals surface area contributed by atoms with E-state index >= 15 is 0 Å². The van der Waals surface area contributed by atoms with Gasteiger partial charge in [0.1, 0.15) is 18.5 Å². The maximum absolute atomic E-state index is 6.26. The van der Waals surface area contributed by atoms with Crippen LogP contribution in [0.4, 0.5) is 5.69 Å². The molecule has 1 unspecified atom stereocenters. The minimum absolute atomic E-state index is 0.0908. The summed E-state index contributed by atoms with van der Waals surface area (Å²) in [6, 6.07) is 27.5. The van der Waals surface area contributed by atoms with Gasteiger partial charge in [0.2, 0.25) is 0 Å². The van der Waals surface area contributed by atoms with Crippen molar-refractivity contribution in [3.8, 4) is 5.75 Å². The van der Waals surface area contributed by atoms with Gasteiger partial charge in [-0.2, -0.15) is 0 Å². The first-order chi connectivity index (χ1) is 17.7. The second kappa shape index (κ2) is 12.6. The summed E-state index contributed by atoms with van der Waals surface area (Å²) < 4.78 is 12.4. The Kier molecular flexibility index (Phi) is 8.78. The van der Waals surface area contributed by atoms with Crippen molar-refractivity contribution < 1.29 is 9.47 Å². The number of likely N-dealkylation sites (tertiary alicyclic amines) is 1. The van der Waals surface area contributed by atoms with Gasteiger partial charge in [0, 0.05) is 37.2 Å². The van der Waals surface area contributed by atoms with Crippen LogP contribution in [0.25, 0.3) is 0 Å². The molecule has 5 nitrogen and oxygen atoms in total. The molecule has 2 aliphatic rings. The first-order valence-corrected chi connectivity index (χ1v) is 13.4. The number of rotatable bonds is 9. The molecular formula is C30H36ClN3O2. The van der Waals surface area contributed by atoms with Crippen molar-refractivity contribution in [3.63, 3.8) is 0 Å². The van der Waals surface area contributed by atoms with Crippen LogP contribution in [0.2, 0.25) is 5.02 Å². The Labute approximate surface area is 220 Å². The molecule has 0 radical (unpaired) electrons. The van der Waals surface area contributed by atoms with Gasteiger partial charge in [0.25, 0.3) is 0 Å². The number of para-hydroxylation sites is 2. The van der Waals surface area contributed by atoms with Crippen molar-refractivity contribution in [1.82, 2.24) is 9.80 Å². The van der Waals surface area contributed by atoms with E-state index in [1.165, 1.54) is 24.0 Å². The second-order valence-electron chi connectivity index (χ2n) is 9.77. The Morgan fingerprint density at radius 1 is 0.861 bits per heavy atom. The molecule has 0 aromatic heterocycles. The highest BCUT2D eigenvalue weighted by molar-refractivity contribution is 6.30. The molecule has 5 rings (SSSR count). The maximum Gasteiger partial charge on any atom is 0.142 e. The van der Waals surface area contributed by atoms with Crippen molar-refractivity contribution in [1.29, 1.82) is 0 Å². The molecule has 0 aliphatic carbocycles. The normalized spacial score (nSPS) is 19.8. The number of nitrogens with zero attached hydrogens (tertiary/aromatic N) is 2. The van der Waals surface area contributed by atoms with Gasteiger partial charge in [0.15, 0.2) is 0 Å². The number of morpholine rings is 1. The van der Waals surface area contributed by atoms with Crippen molar-refractivity contribution in [2.24, 2.45) is 0 Å². The van der Waals surface area contributed by atoms with Gasteiger partial charge in [-0.25, -0.2) is 0 Å². The van der Waals surface area contributed by atoms with Gasteiger partial charge >= 0.3 is 0 Å². The van der Waals surface area contributed by atoms with Crippen molar-refractivity contribution >= 4 is 17.3 Å². The molecule has 3 aromatic rings. The summed E-state index contributed by atoms with van der Waals surface area (Å²) in [6.45, 7) is 7.31. The largest absolute Gasteiger partial charge is 0.489 e. The third-order valence-electron chi connectivity index (χ3n) is 7.20. The average molecular weight is 506 g/mol. The Balaban J connectivity index is 1.08. The topological polar surface area (TPSA) is 37.0 Å². The summed E-state index contributed by atoms with van der Waals surface area (Å²) in [4.78, 5) is 5.18. The molecular weight excluding hydrogens is 470 g/mol. The van der Waals surface area contributed by atoms with Crippen molar-refractivity contribution in [3.05, 3.63) is 95.0 Å². The van der Waals surface area contributed by atoms with Crippen LogP contribution in [-0.4, -0.2) is 61.3 Å². The standard InChI is InChI=1S/C30H36ClN3O2/c31-26-12-10-25(11-13-26)21-33-16-14-27(15-17-33)34-18-19-35-28(22-34)23-36-30-9-5-4-8-29(30)32-20-24-6-2-1-3-7-24/h1-13,27-28,32H,14-23H2. The van der Waals surface area contributed by atoms with E-state index in [9.17, 15) is 0 Å². The van der Waals surface area contributed by atoms with Crippen LogP contribution in [0.5, 0.6) is 5.75 Å². The van der Waals surface area contributed by atoms with E-state index < -0.39 is 0 Å². The van der Waals surface area contributed by atoms with E-state index in [4.69, 9.17) is 21.1 Å². The summed E-state index contributed by atoms with van der Waals surface area (Å²) in [7, 11) is 0. The Morgan fingerprint density at radius 3 is 2.42 bits per heavy atom. The molecule has 0 bridgehead atoms. The third kappa shape index (κ3) is 7.01. The molecule has 2 heterocycles. The monoisotopic (exact) mass is 505 g/mol. The molecule has 0 amide bonds. The van der Waals surface area contributed by atoms with Crippen LogP contribution in [0.3, 0.4) is 0 Å². The third-order valence-corrected chi connectivity index (χ3v) is 7.45. The Hall–Kier alpha value is -2.57. The smallest absolute Gasteiger partial charge is 0.142 e. The summed E-state index contributed by atoms with van der Waals surface area (Å²) in [6.07, 6.45) is 2.49. The molecule has 2 aliphatic heterocycles. The van der Waals surface area contributed by atoms with Crippen LogP contribution in [-0.2, 0) is 17.8 Å². The molecule has 6 heteroatoms. The lowest BCUT2D eigenvalue weighted by atomic mass is 10.0. The lowest BCUT2D eigenvalue weighted by Crippen LogP contribution is -2.52.